The van der Waals surface area contributed by atoms with E-state index in [2.05, 4.69) is 14.8 Å². The van der Waals surface area contributed by atoms with Crippen LogP contribution in [-0.4, -0.2) is 23.2 Å². The third kappa shape index (κ3) is 2.89. The molecule has 0 atom stereocenters. The second-order valence-corrected chi connectivity index (χ2v) is 8.39. The molecule has 25 heavy (non-hydrogen) atoms. The second-order valence-electron chi connectivity index (χ2n) is 6.71. The van der Waals surface area contributed by atoms with Crippen LogP contribution in [0.2, 0.25) is 0 Å². The van der Waals surface area contributed by atoms with E-state index in [4.69, 9.17) is 0 Å². The highest BCUT2D eigenvalue weighted by molar-refractivity contribution is 7.92. The van der Waals surface area contributed by atoms with Gasteiger partial charge in [-0.25, -0.2) is 18.1 Å². The Morgan fingerprint density at radius 2 is 1.92 bits per heavy atom. The Balaban J connectivity index is 1.65. The van der Waals surface area contributed by atoms with Crippen LogP contribution < -0.4 is 4.72 Å². The largest absolute Gasteiger partial charge is 0.278 e. The summed E-state index contributed by atoms with van der Waals surface area (Å²) in [6.45, 7) is 4.05. The number of hydrogen-bond donors (Lipinski definition) is 1. The number of pyridine rings is 1. The summed E-state index contributed by atoms with van der Waals surface area (Å²) in [5.74, 6) is 0. The van der Waals surface area contributed by atoms with Gasteiger partial charge < -0.3 is 0 Å². The zero-order chi connectivity index (χ0) is 17.6. The molecule has 4 rings (SSSR count). The predicted molar refractivity (Wildman–Crippen MR) is 97.2 cm³/mol. The molecule has 1 aromatic carbocycles. The minimum Gasteiger partial charge on any atom is -0.278 e. The molecule has 2 aromatic heterocycles. The van der Waals surface area contributed by atoms with Gasteiger partial charge in [-0.3, -0.25) is 4.72 Å². The first-order chi connectivity index (χ1) is 11.9. The number of hydrogen-bond acceptors (Lipinski definition) is 4. The third-order valence-corrected chi connectivity index (χ3v) is 5.93. The van der Waals surface area contributed by atoms with Crippen molar-refractivity contribution in [2.75, 3.05) is 4.72 Å². The van der Waals surface area contributed by atoms with Crippen LogP contribution >= 0.6 is 0 Å². The van der Waals surface area contributed by atoms with Gasteiger partial charge in [0.15, 0.2) is 5.65 Å². The molecule has 6 nitrogen and oxygen atoms in total. The molecule has 0 radical (unpaired) electrons. The highest BCUT2D eigenvalue weighted by Gasteiger charge is 2.19. The van der Waals surface area contributed by atoms with Crippen LogP contribution in [0.15, 0.2) is 41.6 Å². The lowest BCUT2D eigenvalue weighted by Gasteiger charge is -2.10. The molecule has 1 aliphatic rings. The highest BCUT2D eigenvalue weighted by Crippen LogP contribution is 2.26. The predicted octanol–water partition coefficient (Wildman–Crippen LogP) is 3.30. The second kappa shape index (κ2) is 5.84. The van der Waals surface area contributed by atoms with Crippen LogP contribution in [-0.2, 0) is 22.9 Å². The Kier molecular flexibility index (Phi) is 3.76. The Hall–Kier alpha value is -2.41. The zero-order valence-electron chi connectivity index (χ0n) is 14.2. The van der Waals surface area contributed by atoms with Crippen LogP contribution in [0.3, 0.4) is 0 Å². The van der Waals surface area contributed by atoms with Crippen molar-refractivity contribution in [3.63, 3.8) is 0 Å². The number of aromatic nitrogens is 3. The number of nitrogens with zero attached hydrogens (tertiary/aromatic N) is 3. The van der Waals surface area contributed by atoms with Gasteiger partial charge in [0.2, 0.25) is 0 Å². The average molecular weight is 356 g/mol. The number of fused-ring (bicyclic) bond motifs is 2. The smallest absolute Gasteiger partial charge is 0.261 e. The summed E-state index contributed by atoms with van der Waals surface area (Å²) in [5.41, 5.74) is 3.57. The number of benzene rings is 1. The standard InChI is InChI=1S/C18H20N4O2S/c1-12(2)22-18-15(10-20-22)8-16(11-19-18)21-25(23,24)17-7-6-13-4-3-5-14(13)9-17/h6-12,21H,3-5H2,1-2H3. The highest BCUT2D eigenvalue weighted by atomic mass is 32.2. The molecule has 130 valence electrons. The molecular formula is C18H20N4O2S. The molecule has 1 N–H and O–H groups in total. The maximum absolute atomic E-state index is 12.7. The molecule has 0 fully saturated rings. The van der Waals surface area contributed by atoms with Crippen molar-refractivity contribution in [2.45, 2.75) is 44.0 Å². The molecule has 3 aromatic rings. The van der Waals surface area contributed by atoms with Crippen molar-refractivity contribution in [3.05, 3.63) is 47.8 Å². The van der Waals surface area contributed by atoms with Gasteiger partial charge in [0.05, 0.1) is 23.0 Å². The topological polar surface area (TPSA) is 76.9 Å². The molecule has 0 bridgehead atoms. The van der Waals surface area contributed by atoms with Crippen molar-refractivity contribution in [2.24, 2.45) is 0 Å². The summed E-state index contributed by atoms with van der Waals surface area (Å²) >= 11 is 0. The lowest BCUT2D eigenvalue weighted by atomic mass is 10.1. The number of nitrogens with one attached hydrogen (secondary N) is 1. The van der Waals surface area contributed by atoms with E-state index in [9.17, 15) is 8.42 Å². The monoisotopic (exact) mass is 356 g/mol. The molecule has 2 heterocycles. The van der Waals surface area contributed by atoms with Gasteiger partial charge in [0.25, 0.3) is 10.0 Å². The fourth-order valence-corrected chi connectivity index (χ4v) is 4.39. The van der Waals surface area contributed by atoms with E-state index in [0.29, 0.717) is 10.6 Å². The Morgan fingerprint density at radius 1 is 1.12 bits per heavy atom. The molecule has 0 amide bonds. The Morgan fingerprint density at radius 3 is 2.72 bits per heavy atom. The number of sulfonamides is 1. The number of rotatable bonds is 4. The van der Waals surface area contributed by atoms with Crippen molar-refractivity contribution >= 4 is 26.7 Å². The van der Waals surface area contributed by atoms with Gasteiger partial charge in [0.1, 0.15) is 0 Å². The molecule has 0 aliphatic heterocycles. The number of aryl methyl sites for hydroxylation is 2. The normalized spacial score (nSPS) is 14.2. The van der Waals surface area contributed by atoms with E-state index in [0.717, 1.165) is 35.9 Å². The summed E-state index contributed by atoms with van der Waals surface area (Å²) < 4.78 is 29.8. The lowest BCUT2D eigenvalue weighted by Crippen LogP contribution is -2.13. The van der Waals surface area contributed by atoms with Gasteiger partial charge in [-0.2, -0.15) is 5.10 Å². The lowest BCUT2D eigenvalue weighted by molar-refractivity contribution is 0.546. The molecular weight excluding hydrogens is 336 g/mol. The SMILES string of the molecule is CC(C)n1ncc2cc(NS(=O)(=O)c3ccc4c(c3)CCC4)cnc21. The van der Waals surface area contributed by atoms with Gasteiger partial charge in [-0.05, 0) is 62.4 Å². The van der Waals surface area contributed by atoms with Gasteiger partial charge >= 0.3 is 0 Å². The summed E-state index contributed by atoms with van der Waals surface area (Å²) in [4.78, 5) is 4.67. The molecule has 0 unspecified atom stereocenters. The Bertz CT molecular complexity index is 1050. The maximum atomic E-state index is 12.7. The van der Waals surface area contributed by atoms with E-state index in [-0.39, 0.29) is 6.04 Å². The first-order valence-corrected chi connectivity index (χ1v) is 9.90. The van der Waals surface area contributed by atoms with Crippen LogP contribution in [0.25, 0.3) is 11.0 Å². The fourth-order valence-electron chi connectivity index (χ4n) is 3.30. The van der Waals surface area contributed by atoms with Crippen molar-refractivity contribution < 1.29 is 8.42 Å². The van der Waals surface area contributed by atoms with E-state index >= 15 is 0 Å². The third-order valence-electron chi connectivity index (χ3n) is 4.55. The van der Waals surface area contributed by atoms with Crippen LogP contribution in [0.4, 0.5) is 5.69 Å². The van der Waals surface area contributed by atoms with Gasteiger partial charge in [-0.1, -0.05) is 6.07 Å². The summed E-state index contributed by atoms with van der Waals surface area (Å²) in [6.07, 6.45) is 6.31. The maximum Gasteiger partial charge on any atom is 0.261 e. The van der Waals surface area contributed by atoms with Crippen LogP contribution in [0.1, 0.15) is 37.4 Å². The Labute approximate surface area is 146 Å². The first kappa shape index (κ1) is 16.1. The molecule has 7 heteroatoms. The van der Waals surface area contributed by atoms with Crippen molar-refractivity contribution in [1.82, 2.24) is 14.8 Å². The van der Waals surface area contributed by atoms with Crippen molar-refractivity contribution in [1.29, 1.82) is 0 Å². The quantitative estimate of drug-likeness (QED) is 0.778. The van der Waals surface area contributed by atoms with Crippen molar-refractivity contribution in [3.8, 4) is 0 Å². The van der Waals surface area contributed by atoms with E-state index in [1.165, 1.54) is 11.8 Å². The van der Waals surface area contributed by atoms with Crippen LogP contribution in [0, 0.1) is 0 Å². The minimum absolute atomic E-state index is 0.193. The van der Waals surface area contributed by atoms with Gasteiger partial charge in [-0.15, -0.1) is 0 Å². The van der Waals surface area contributed by atoms with Gasteiger partial charge in [0, 0.05) is 11.4 Å². The first-order valence-electron chi connectivity index (χ1n) is 8.42. The van der Waals surface area contributed by atoms with Crippen LogP contribution in [0.5, 0.6) is 0 Å². The molecule has 0 spiro atoms. The van der Waals surface area contributed by atoms with E-state index in [1.807, 2.05) is 24.6 Å². The summed E-state index contributed by atoms with van der Waals surface area (Å²) in [6, 6.07) is 7.34. The summed E-state index contributed by atoms with van der Waals surface area (Å²) in [5, 5.41) is 5.12. The average Bonchev–Trinajstić information content (AvgIpc) is 3.19. The molecule has 1 aliphatic carbocycles. The minimum atomic E-state index is -3.63. The zero-order valence-corrected chi connectivity index (χ0v) is 15.0. The van der Waals surface area contributed by atoms with E-state index < -0.39 is 10.0 Å². The molecule has 0 saturated carbocycles. The summed E-state index contributed by atoms with van der Waals surface area (Å²) in [7, 11) is -3.63. The fraction of sp³-hybridized carbons (Fsp3) is 0.333. The number of anilines is 1. The molecule has 0 saturated heterocycles. The van der Waals surface area contributed by atoms with E-state index in [1.54, 1.807) is 24.4 Å².